The number of benzene rings is 2. The molecule has 1 aromatic heterocycles. The molecule has 128 valence electrons. The molecule has 0 amide bonds. The van der Waals surface area contributed by atoms with Crippen LogP contribution in [0.25, 0.3) is 10.9 Å². The Morgan fingerprint density at radius 1 is 1.12 bits per heavy atom. The van der Waals surface area contributed by atoms with Crippen LogP contribution in [-0.2, 0) is 13.0 Å². The molecule has 3 rings (SSSR count). The molecule has 0 unspecified atom stereocenters. The number of rotatable bonds is 7. The van der Waals surface area contributed by atoms with E-state index in [1.165, 1.54) is 0 Å². The van der Waals surface area contributed by atoms with Gasteiger partial charge in [0.1, 0.15) is 12.4 Å². The van der Waals surface area contributed by atoms with Gasteiger partial charge < -0.3 is 9.84 Å². The Bertz CT molecular complexity index is 889. The van der Waals surface area contributed by atoms with Crippen molar-refractivity contribution in [2.75, 3.05) is 0 Å². The molecule has 0 aliphatic carbocycles. The second-order valence-corrected chi connectivity index (χ2v) is 5.98. The van der Waals surface area contributed by atoms with Crippen LogP contribution in [0.3, 0.4) is 0 Å². The number of aromatic nitrogens is 1. The molecule has 3 aromatic rings. The van der Waals surface area contributed by atoms with Crippen LogP contribution in [0.2, 0.25) is 0 Å². The highest BCUT2D eigenvalue weighted by Gasteiger charge is 2.11. The third-order valence-electron chi connectivity index (χ3n) is 4.15. The lowest BCUT2D eigenvalue weighted by Gasteiger charge is -2.12. The highest BCUT2D eigenvalue weighted by Crippen LogP contribution is 2.27. The first-order valence-electron chi connectivity index (χ1n) is 8.51. The molecule has 0 aliphatic heterocycles. The number of hydrogen-bond acceptors (Lipinski definition) is 3. The maximum atomic E-state index is 11.4. The summed E-state index contributed by atoms with van der Waals surface area (Å²) in [4.78, 5) is 16.1. The van der Waals surface area contributed by atoms with E-state index in [-0.39, 0.29) is 12.2 Å². The van der Waals surface area contributed by atoms with E-state index in [1.807, 2.05) is 36.4 Å². The molecule has 0 bridgehead atoms. The van der Waals surface area contributed by atoms with E-state index in [0.29, 0.717) is 5.56 Å². The lowest BCUT2D eigenvalue weighted by molar-refractivity contribution is 0.0694. The van der Waals surface area contributed by atoms with Crippen molar-refractivity contribution in [3.8, 4) is 5.75 Å². The predicted octanol–water partition coefficient (Wildman–Crippen LogP) is 4.85. The average molecular weight is 335 g/mol. The largest absolute Gasteiger partial charge is 0.488 e. The molecule has 0 aliphatic rings. The van der Waals surface area contributed by atoms with Crippen molar-refractivity contribution < 1.29 is 14.6 Å². The summed E-state index contributed by atoms with van der Waals surface area (Å²) in [5.74, 6) is -0.195. The van der Waals surface area contributed by atoms with Gasteiger partial charge in [0.15, 0.2) is 0 Å². The van der Waals surface area contributed by atoms with Crippen LogP contribution in [0, 0.1) is 0 Å². The number of aromatic carboxylic acids is 1. The maximum Gasteiger partial charge on any atom is 0.336 e. The van der Waals surface area contributed by atoms with Crippen LogP contribution in [0.5, 0.6) is 5.75 Å². The van der Waals surface area contributed by atoms with Gasteiger partial charge in [-0.2, -0.15) is 0 Å². The number of pyridine rings is 1. The Hall–Kier alpha value is -2.88. The van der Waals surface area contributed by atoms with Crippen molar-refractivity contribution in [2.45, 2.75) is 32.8 Å². The summed E-state index contributed by atoms with van der Waals surface area (Å²) in [5.41, 5.74) is 2.83. The number of hydrogen-bond donors (Lipinski definition) is 1. The first-order valence-corrected chi connectivity index (χ1v) is 8.51. The topological polar surface area (TPSA) is 59.4 Å². The second-order valence-electron chi connectivity index (χ2n) is 5.98. The molecule has 25 heavy (non-hydrogen) atoms. The zero-order chi connectivity index (χ0) is 17.6. The number of para-hydroxylation sites is 1. The van der Waals surface area contributed by atoms with Crippen LogP contribution in [0.4, 0.5) is 0 Å². The summed E-state index contributed by atoms with van der Waals surface area (Å²) in [7, 11) is 0. The first kappa shape index (κ1) is 17.0. The van der Waals surface area contributed by atoms with Gasteiger partial charge in [-0.1, -0.05) is 43.7 Å². The number of nitrogens with zero attached hydrogens (tertiary/aromatic N) is 1. The summed E-state index contributed by atoms with van der Waals surface area (Å²) in [5, 5.41) is 10.3. The standard InChI is InChI=1S/C21H21NO3/c1-2-3-9-16-13-20(18-11-6-7-12-19(18)22-16)25-14-15-8-4-5-10-17(15)21(23)24/h4-8,10-13H,2-3,9,14H2,1H3,(H,23,24). The Morgan fingerprint density at radius 3 is 2.68 bits per heavy atom. The Balaban J connectivity index is 1.91. The number of unbranched alkanes of at least 4 members (excludes halogenated alkanes) is 1. The van der Waals surface area contributed by atoms with Crippen LogP contribution in [0.15, 0.2) is 54.6 Å². The van der Waals surface area contributed by atoms with Gasteiger partial charge in [-0.3, -0.25) is 4.98 Å². The van der Waals surface area contributed by atoms with Gasteiger partial charge in [0.25, 0.3) is 0 Å². The minimum atomic E-state index is -0.942. The van der Waals surface area contributed by atoms with Gasteiger partial charge in [0.05, 0.1) is 11.1 Å². The van der Waals surface area contributed by atoms with Gasteiger partial charge >= 0.3 is 5.97 Å². The molecule has 0 spiro atoms. The SMILES string of the molecule is CCCCc1cc(OCc2ccccc2C(=O)O)c2ccccc2n1. The fraction of sp³-hybridized carbons (Fsp3) is 0.238. The maximum absolute atomic E-state index is 11.4. The molecule has 4 nitrogen and oxygen atoms in total. The molecule has 1 heterocycles. The quantitative estimate of drug-likeness (QED) is 0.670. The highest BCUT2D eigenvalue weighted by molar-refractivity contribution is 5.89. The van der Waals surface area contributed by atoms with Crippen molar-refractivity contribution >= 4 is 16.9 Å². The highest BCUT2D eigenvalue weighted by atomic mass is 16.5. The van der Waals surface area contributed by atoms with E-state index >= 15 is 0 Å². The summed E-state index contributed by atoms with van der Waals surface area (Å²) >= 11 is 0. The van der Waals surface area contributed by atoms with Crippen molar-refractivity contribution in [3.63, 3.8) is 0 Å². The van der Waals surface area contributed by atoms with Crippen LogP contribution in [0.1, 0.15) is 41.4 Å². The fourth-order valence-corrected chi connectivity index (χ4v) is 2.81. The average Bonchev–Trinajstić information content (AvgIpc) is 2.64. The summed E-state index contributed by atoms with van der Waals surface area (Å²) < 4.78 is 6.01. The molecule has 0 atom stereocenters. The number of ether oxygens (including phenoxy) is 1. The van der Waals surface area contributed by atoms with Gasteiger partial charge in [0, 0.05) is 22.7 Å². The number of carboxylic acid groups (broad SMARTS) is 1. The lowest BCUT2D eigenvalue weighted by Crippen LogP contribution is -2.06. The zero-order valence-corrected chi connectivity index (χ0v) is 14.2. The van der Waals surface area contributed by atoms with E-state index in [2.05, 4.69) is 6.92 Å². The number of fused-ring (bicyclic) bond motifs is 1. The molecule has 2 aromatic carbocycles. The molecular weight excluding hydrogens is 314 g/mol. The van der Waals surface area contributed by atoms with Crippen LogP contribution < -0.4 is 4.74 Å². The number of carbonyl (C=O) groups is 1. The zero-order valence-electron chi connectivity index (χ0n) is 14.2. The van der Waals surface area contributed by atoms with Crippen molar-refractivity contribution in [3.05, 3.63) is 71.4 Å². The van der Waals surface area contributed by atoms with Gasteiger partial charge in [-0.15, -0.1) is 0 Å². The van der Waals surface area contributed by atoms with E-state index in [0.717, 1.165) is 41.6 Å². The van der Waals surface area contributed by atoms with E-state index < -0.39 is 5.97 Å². The third kappa shape index (κ3) is 3.97. The van der Waals surface area contributed by atoms with Crippen molar-refractivity contribution in [1.29, 1.82) is 0 Å². The summed E-state index contributed by atoms with van der Waals surface area (Å²) in [6.45, 7) is 2.37. The lowest BCUT2D eigenvalue weighted by atomic mass is 10.1. The fourth-order valence-electron chi connectivity index (χ4n) is 2.81. The minimum Gasteiger partial charge on any atom is -0.488 e. The van der Waals surface area contributed by atoms with Gasteiger partial charge in [-0.05, 0) is 31.0 Å². The molecule has 0 saturated carbocycles. The predicted molar refractivity (Wildman–Crippen MR) is 98.1 cm³/mol. The molecule has 0 radical (unpaired) electrons. The summed E-state index contributed by atoms with van der Waals surface area (Å²) in [6.07, 6.45) is 3.09. The molecule has 0 fully saturated rings. The van der Waals surface area contributed by atoms with Crippen molar-refractivity contribution in [1.82, 2.24) is 4.98 Å². The van der Waals surface area contributed by atoms with Gasteiger partial charge in [0.2, 0.25) is 0 Å². The van der Waals surface area contributed by atoms with Crippen LogP contribution >= 0.6 is 0 Å². The molecule has 1 N–H and O–H groups in total. The normalized spacial score (nSPS) is 10.8. The first-order chi connectivity index (χ1) is 12.2. The smallest absolute Gasteiger partial charge is 0.336 e. The van der Waals surface area contributed by atoms with Gasteiger partial charge in [-0.25, -0.2) is 4.79 Å². The molecular formula is C21H21NO3. The molecule has 0 saturated heterocycles. The number of carboxylic acids is 1. The van der Waals surface area contributed by atoms with E-state index in [9.17, 15) is 9.90 Å². The number of aryl methyl sites for hydroxylation is 1. The monoisotopic (exact) mass is 335 g/mol. The third-order valence-corrected chi connectivity index (χ3v) is 4.15. The minimum absolute atomic E-state index is 0.212. The second kappa shape index (κ2) is 7.79. The summed E-state index contributed by atoms with van der Waals surface area (Å²) in [6, 6.07) is 16.8. The van der Waals surface area contributed by atoms with Crippen molar-refractivity contribution in [2.24, 2.45) is 0 Å². The molecule has 4 heteroatoms. The van der Waals surface area contributed by atoms with E-state index in [1.54, 1.807) is 18.2 Å². The van der Waals surface area contributed by atoms with E-state index in [4.69, 9.17) is 9.72 Å². The Kier molecular flexibility index (Phi) is 5.29. The Labute approximate surface area is 147 Å². The van der Waals surface area contributed by atoms with Crippen LogP contribution in [-0.4, -0.2) is 16.1 Å². The Morgan fingerprint density at radius 2 is 1.88 bits per heavy atom.